The first-order valence-electron chi connectivity index (χ1n) is 12.3. The minimum absolute atomic E-state index is 0.126. The zero-order valence-electron chi connectivity index (χ0n) is 20.8. The lowest BCUT2D eigenvalue weighted by atomic mass is 9.85. The molecule has 2 fully saturated rings. The number of allylic oxidation sites excluding steroid dienone is 2. The maximum atomic E-state index is 13.2. The van der Waals surface area contributed by atoms with Crippen LogP contribution in [0.5, 0.6) is 0 Å². The van der Waals surface area contributed by atoms with Gasteiger partial charge < -0.3 is 9.57 Å². The predicted molar refractivity (Wildman–Crippen MR) is 127 cm³/mol. The van der Waals surface area contributed by atoms with Gasteiger partial charge in [-0.15, -0.1) is 5.06 Å². The molecule has 0 saturated carbocycles. The average Bonchev–Trinajstić information content (AvgIpc) is 3.08. The van der Waals surface area contributed by atoms with E-state index in [0.29, 0.717) is 30.9 Å². The number of nitrogens with zero attached hydrogens (tertiary/aromatic N) is 2. The van der Waals surface area contributed by atoms with Crippen molar-refractivity contribution in [2.45, 2.75) is 70.7 Å². The van der Waals surface area contributed by atoms with Gasteiger partial charge >= 0.3 is 12.1 Å². The third kappa shape index (κ3) is 5.93. The zero-order valence-corrected chi connectivity index (χ0v) is 20.8. The highest BCUT2D eigenvalue weighted by Crippen LogP contribution is 2.35. The zero-order chi connectivity index (χ0) is 25.9. The molecular weight excluding hydrogens is 466 g/mol. The van der Waals surface area contributed by atoms with Crippen LogP contribution in [0.15, 0.2) is 42.5 Å². The van der Waals surface area contributed by atoms with Crippen molar-refractivity contribution in [2.24, 2.45) is 11.8 Å². The van der Waals surface area contributed by atoms with Crippen molar-refractivity contribution in [3.63, 3.8) is 0 Å². The number of imide groups is 1. The van der Waals surface area contributed by atoms with Crippen LogP contribution in [-0.4, -0.2) is 58.1 Å². The van der Waals surface area contributed by atoms with Crippen LogP contribution in [-0.2, 0) is 35.4 Å². The van der Waals surface area contributed by atoms with E-state index in [4.69, 9.17) is 14.4 Å². The summed E-state index contributed by atoms with van der Waals surface area (Å²) in [5.74, 6) is -2.90. The summed E-state index contributed by atoms with van der Waals surface area (Å²) < 4.78 is 5.52. The molecule has 10 nitrogen and oxygen atoms in total. The standard InChI is InChI=1S/C26H33N3O7/c1-26(2,3)35-25(33)28-15-18(27-34-16-17-9-5-4-6-10-17)13-14-21(28)24(32)36-29-22(30)19-11-7-8-12-20(19)23(29)31/h4-10,18-21,27H,11-16H2,1-3H3/t18?,19?,20?,21-/m0/s1. The number of benzene rings is 1. The van der Waals surface area contributed by atoms with Gasteiger partial charge in [0.15, 0.2) is 0 Å². The number of piperidine rings is 1. The van der Waals surface area contributed by atoms with E-state index in [9.17, 15) is 19.2 Å². The summed E-state index contributed by atoms with van der Waals surface area (Å²) in [7, 11) is 0. The van der Waals surface area contributed by atoms with Crippen molar-refractivity contribution in [2.75, 3.05) is 6.54 Å². The molecule has 2 saturated heterocycles. The number of carbonyl (C=O) groups excluding carboxylic acids is 4. The van der Waals surface area contributed by atoms with E-state index in [1.807, 2.05) is 42.5 Å². The number of hydrogen-bond donors (Lipinski definition) is 1. The Balaban J connectivity index is 1.41. The number of nitrogens with one attached hydrogen (secondary N) is 1. The molecule has 3 amide bonds. The summed E-state index contributed by atoms with van der Waals surface area (Å²) in [5.41, 5.74) is 3.18. The molecule has 1 N–H and O–H groups in total. The van der Waals surface area contributed by atoms with Crippen LogP contribution < -0.4 is 5.48 Å². The van der Waals surface area contributed by atoms with Gasteiger partial charge in [0.2, 0.25) is 0 Å². The fourth-order valence-electron chi connectivity index (χ4n) is 4.66. The number of likely N-dealkylation sites (tertiary alicyclic amines) is 1. The third-order valence-corrected chi connectivity index (χ3v) is 6.46. The second-order valence-electron chi connectivity index (χ2n) is 10.4. The Bertz CT molecular complexity index is 994. The summed E-state index contributed by atoms with van der Waals surface area (Å²) in [5, 5.41) is 0.589. The fraction of sp³-hybridized carbons (Fsp3) is 0.538. The number of carbonyl (C=O) groups is 4. The summed E-state index contributed by atoms with van der Waals surface area (Å²) in [6.45, 7) is 5.67. The highest BCUT2D eigenvalue weighted by molar-refractivity contribution is 6.05. The summed E-state index contributed by atoms with van der Waals surface area (Å²) in [6, 6.07) is 8.37. The quantitative estimate of drug-likeness (QED) is 0.361. The van der Waals surface area contributed by atoms with E-state index in [-0.39, 0.29) is 19.0 Å². The van der Waals surface area contributed by atoms with Crippen LogP contribution >= 0.6 is 0 Å². The van der Waals surface area contributed by atoms with Crippen LogP contribution in [0.2, 0.25) is 0 Å². The van der Waals surface area contributed by atoms with E-state index >= 15 is 0 Å². The van der Waals surface area contributed by atoms with Crippen LogP contribution in [0.3, 0.4) is 0 Å². The van der Waals surface area contributed by atoms with Gasteiger partial charge in [0.1, 0.15) is 11.6 Å². The third-order valence-electron chi connectivity index (χ3n) is 6.46. The summed E-state index contributed by atoms with van der Waals surface area (Å²) >= 11 is 0. The Morgan fingerprint density at radius 1 is 1.00 bits per heavy atom. The van der Waals surface area contributed by atoms with Gasteiger partial charge in [-0.1, -0.05) is 42.5 Å². The SMILES string of the molecule is CC(C)(C)OC(=O)N1CC(NOCc2ccccc2)CC[C@H]1C(=O)ON1C(=O)C2CC=CCC2C1=O. The van der Waals surface area contributed by atoms with Gasteiger partial charge in [-0.3, -0.25) is 19.3 Å². The molecule has 0 bridgehead atoms. The molecular formula is C26H33N3O7. The van der Waals surface area contributed by atoms with E-state index in [1.165, 1.54) is 4.90 Å². The average molecular weight is 500 g/mol. The molecule has 36 heavy (non-hydrogen) atoms. The topological polar surface area (TPSA) is 114 Å². The van der Waals surface area contributed by atoms with E-state index in [0.717, 1.165) is 5.56 Å². The number of fused-ring (bicyclic) bond motifs is 1. The largest absolute Gasteiger partial charge is 0.444 e. The molecule has 2 heterocycles. The van der Waals surface area contributed by atoms with Crippen LogP contribution in [0.1, 0.15) is 52.0 Å². The Morgan fingerprint density at radius 3 is 2.25 bits per heavy atom. The molecule has 0 spiro atoms. The molecule has 3 unspecified atom stereocenters. The van der Waals surface area contributed by atoms with Crippen LogP contribution in [0.4, 0.5) is 4.79 Å². The van der Waals surface area contributed by atoms with E-state index in [2.05, 4.69) is 5.48 Å². The summed E-state index contributed by atoms with van der Waals surface area (Å²) in [6.07, 6.45) is 4.66. The Hall–Kier alpha value is -3.24. The van der Waals surface area contributed by atoms with Gasteiger partial charge in [0, 0.05) is 6.54 Å². The molecule has 3 aliphatic rings. The van der Waals surface area contributed by atoms with Crippen LogP contribution in [0, 0.1) is 11.8 Å². The Morgan fingerprint density at radius 2 is 1.64 bits per heavy atom. The van der Waals surface area contributed by atoms with Crippen molar-refractivity contribution >= 4 is 23.9 Å². The Kier molecular flexibility index (Phi) is 7.75. The number of amides is 3. The number of rotatable bonds is 6. The van der Waals surface area contributed by atoms with Crippen LogP contribution in [0.25, 0.3) is 0 Å². The summed E-state index contributed by atoms with van der Waals surface area (Å²) in [4.78, 5) is 63.8. The van der Waals surface area contributed by atoms with Gasteiger partial charge in [0.25, 0.3) is 11.8 Å². The van der Waals surface area contributed by atoms with Gasteiger partial charge in [-0.05, 0) is 52.0 Å². The number of ether oxygens (including phenoxy) is 1. The first-order chi connectivity index (χ1) is 17.1. The van der Waals surface area contributed by atoms with E-state index < -0.39 is 47.4 Å². The highest BCUT2D eigenvalue weighted by Gasteiger charge is 2.51. The monoisotopic (exact) mass is 499 g/mol. The second-order valence-corrected chi connectivity index (χ2v) is 10.4. The maximum Gasteiger partial charge on any atom is 0.411 e. The molecule has 194 valence electrons. The second kappa shape index (κ2) is 10.8. The molecule has 10 heteroatoms. The highest BCUT2D eigenvalue weighted by atomic mass is 16.7. The molecule has 4 rings (SSSR count). The first-order valence-corrected chi connectivity index (χ1v) is 12.3. The Labute approximate surface area is 210 Å². The van der Waals surface area contributed by atoms with Gasteiger partial charge in [0.05, 0.1) is 24.5 Å². The lowest BCUT2D eigenvalue weighted by Crippen LogP contribution is -2.57. The predicted octanol–water partition coefficient (Wildman–Crippen LogP) is 2.89. The molecule has 1 aromatic carbocycles. The normalized spacial score (nSPS) is 26.1. The molecule has 1 aromatic rings. The molecule has 4 atom stereocenters. The van der Waals surface area contributed by atoms with Crippen molar-refractivity contribution in [3.8, 4) is 0 Å². The smallest absolute Gasteiger partial charge is 0.411 e. The van der Waals surface area contributed by atoms with Crippen molar-refractivity contribution in [1.82, 2.24) is 15.4 Å². The minimum atomic E-state index is -1.01. The fourth-order valence-corrected chi connectivity index (χ4v) is 4.66. The molecule has 2 aliphatic heterocycles. The number of hydroxylamine groups is 3. The lowest BCUT2D eigenvalue weighted by Gasteiger charge is -2.38. The van der Waals surface area contributed by atoms with Crippen molar-refractivity contribution < 1.29 is 33.6 Å². The molecule has 0 radical (unpaired) electrons. The van der Waals surface area contributed by atoms with E-state index in [1.54, 1.807) is 20.8 Å². The number of hydrogen-bond acceptors (Lipinski definition) is 8. The lowest BCUT2D eigenvalue weighted by molar-refractivity contribution is -0.203. The first kappa shape index (κ1) is 25.8. The van der Waals surface area contributed by atoms with Gasteiger partial charge in [-0.2, -0.15) is 5.48 Å². The molecule has 1 aliphatic carbocycles. The van der Waals surface area contributed by atoms with Gasteiger partial charge in [-0.25, -0.2) is 9.59 Å². The minimum Gasteiger partial charge on any atom is -0.444 e. The maximum absolute atomic E-state index is 13.2. The molecule has 0 aromatic heterocycles. The van der Waals surface area contributed by atoms with Crippen molar-refractivity contribution in [1.29, 1.82) is 0 Å². The van der Waals surface area contributed by atoms with Crippen molar-refractivity contribution in [3.05, 3.63) is 48.0 Å².